The highest BCUT2D eigenvalue weighted by Gasteiger charge is 2.09. The molecule has 22 heavy (non-hydrogen) atoms. The second-order valence-electron chi connectivity index (χ2n) is 5.23. The summed E-state index contributed by atoms with van der Waals surface area (Å²) in [5.74, 6) is 0.834. The lowest BCUT2D eigenvalue weighted by Gasteiger charge is -2.13. The number of hydrogen-bond acceptors (Lipinski definition) is 5. The van der Waals surface area contributed by atoms with Crippen LogP contribution in [0, 0.1) is 5.82 Å². The van der Waals surface area contributed by atoms with Crippen molar-refractivity contribution in [3.05, 3.63) is 42.7 Å². The molecular weight excluding hydrogens is 283 g/mol. The highest BCUT2D eigenvalue weighted by molar-refractivity contribution is 5.89. The van der Waals surface area contributed by atoms with Gasteiger partial charge >= 0.3 is 0 Å². The van der Waals surface area contributed by atoms with E-state index in [9.17, 15) is 4.39 Å². The number of nitrogens with one attached hydrogen (secondary N) is 1. The van der Waals surface area contributed by atoms with Crippen LogP contribution in [-0.4, -0.2) is 51.6 Å². The number of nitrogens with zero attached hydrogens (tertiary/aromatic N) is 5. The van der Waals surface area contributed by atoms with Gasteiger partial charge in [-0.3, -0.25) is 4.57 Å². The molecule has 114 valence electrons. The van der Waals surface area contributed by atoms with Crippen molar-refractivity contribution in [3.63, 3.8) is 0 Å². The summed E-state index contributed by atoms with van der Waals surface area (Å²) in [6.45, 7) is 1.60. The fourth-order valence-corrected chi connectivity index (χ4v) is 2.12. The molecule has 6 nitrogen and oxygen atoms in total. The average Bonchev–Trinajstić information content (AvgIpc) is 3.00. The van der Waals surface area contributed by atoms with Gasteiger partial charge in [-0.1, -0.05) is 0 Å². The third-order valence-corrected chi connectivity index (χ3v) is 3.23. The van der Waals surface area contributed by atoms with E-state index in [4.69, 9.17) is 0 Å². The van der Waals surface area contributed by atoms with Crippen LogP contribution in [0.1, 0.15) is 0 Å². The number of halogens is 1. The van der Waals surface area contributed by atoms with Crippen molar-refractivity contribution in [1.29, 1.82) is 0 Å². The van der Waals surface area contributed by atoms with E-state index in [0.29, 0.717) is 17.3 Å². The number of aromatic nitrogens is 4. The second-order valence-corrected chi connectivity index (χ2v) is 5.23. The Balaban J connectivity index is 2.03. The molecule has 3 aromatic rings. The summed E-state index contributed by atoms with van der Waals surface area (Å²) in [5, 5.41) is 4.09. The van der Waals surface area contributed by atoms with Crippen LogP contribution in [0.25, 0.3) is 16.9 Å². The first-order valence-corrected chi connectivity index (χ1v) is 6.98. The summed E-state index contributed by atoms with van der Waals surface area (Å²) in [6, 6.07) is 4.52. The fourth-order valence-electron chi connectivity index (χ4n) is 2.12. The van der Waals surface area contributed by atoms with Crippen LogP contribution in [0.2, 0.25) is 0 Å². The number of anilines is 1. The molecule has 0 atom stereocenters. The van der Waals surface area contributed by atoms with E-state index in [2.05, 4.69) is 25.2 Å². The van der Waals surface area contributed by atoms with Gasteiger partial charge in [-0.05, 0) is 26.2 Å². The monoisotopic (exact) mass is 300 g/mol. The minimum absolute atomic E-state index is 0.318. The predicted octanol–water partition coefficient (Wildman–Crippen LogP) is 1.93. The lowest BCUT2D eigenvalue weighted by molar-refractivity contribution is 0.425. The Morgan fingerprint density at radius 2 is 2.14 bits per heavy atom. The van der Waals surface area contributed by atoms with E-state index < -0.39 is 0 Å². The SMILES string of the molecule is CN(C)CCNc1nc(-n2ccnc2)nc2cc(F)ccc12. The summed E-state index contributed by atoms with van der Waals surface area (Å²) in [5.41, 5.74) is 0.561. The standard InChI is InChI=1S/C15H17FN6/c1-21(2)7-6-18-14-12-4-3-11(16)9-13(12)19-15(20-14)22-8-5-17-10-22/h3-5,8-10H,6-7H2,1-2H3,(H,18,19,20). The molecule has 0 amide bonds. The molecule has 0 spiro atoms. The largest absolute Gasteiger partial charge is 0.368 e. The molecule has 1 aromatic carbocycles. The zero-order chi connectivity index (χ0) is 15.5. The minimum atomic E-state index is -0.318. The molecule has 0 aliphatic carbocycles. The normalized spacial score (nSPS) is 11.3. The Hall–Kier alpha value is -2.54. The average molecular weight is 300 g/mol. The summed E-state index contributed by atoms with van der Waals surface area (Å²) < 4.78 is 15.2. The maximum atomic E-state index is 13.5. The molecule has 0 unspecified atom stereocenters. The molecule has 2 aromatic heterocycles. The molecule has 3 rings (SSSR count). The topological polar surface area (TPSA) is 58.9 Å². The van der Waals surface area contributed by atoms with Gasteiger partial charge < -0.3 is 10.2 Å². The third-order valence-electron chi connectivity index (χ3n) is 3.23. The molecule has 0 aliphatic heterocycles. The Kier molecular flexibility index (Phi) is 3.97. The van der Waals surface area contributed by atoms with E-state index in [1.54, 1.807) is 29.4 Å². The lowest BCUT2D eigenvalue weighted by atomic mass is 10.2. The Morgan fingerprint density at radius 1 is 1.27 bits per heavy atom. The summed E-state index contributed by atoms with van der Waals surface area (Å²) in [6.07, 6.45) is 5.02. The van der Waals surface area contributed by atoms with Gasteiger partial charge in [-0.2, -0.15) is 4.98 Å². The maximum absolute atomic E-state index is 13.5. The quantitative estimate of drug-likeness (QED) is 0.780. The van der Waals surface area contributed by atoms with Crippen LogP contribution < -0.4 is 5.32 Å². The van der Waals surface area contributed by atoms with Crippen molar-refractivity contribution in [1.82, 2.24) is 24.4 Å². The fraction of sp³-hybridized carbons (Fsp3) is 0.267. The van der Waals surface area contributed by atoms with Crippen molar-refractivity contribution in [2.45, 2.75) is 0 Å². The van der Waals surface area contributed by atoms with Crippen molar-refractivity contribution < 1.29 is 4.39 Å². The van der Waals surface area contributed by atoms with E-state index in [-0.39, 0.29) is 5.82 Å². The third kappa shape index (κ3) is 3.04. The minimum Gasteiger partial charge on any atom is -0.368 e. The molecule has 0 fully saturated rings. The number of fused-ring (bicyclic) bond motifs is 1. The van der Waals surface area contributed by atoms with Crippen LogP contribution in [0.5, 0.6) is 0 Å². The van der Waals surface area contributed by atoms with Gasteiger partial charge in [-0.15, -0.1) is 0 Å². The number of likely N-dealkylation sites (N-methyl/N-ethyl adjacent to an activating group) is 1. The summed E-state index contributed by atoms with van der Waals surface area (Å²) in [7, 11) is 4.01. The van der Waals surface area contributed by atoms with E-state index in [1.807, 2.05) is 14.1 Å². The zero-order valence-electron chi connectivity index (χ0n) is 12.5. The summed E-state index contributed by atoms with van der Waals surface area (Å²) >= 11 is 0. The van der Waals surface area contributed by atoms with Gasteiger partial charge in [-0.25, -0.2) is 14.4 Å². The number of benzene rings is 1. The van der Waals surface area contributed by atoms with Gasteiger partial charge in [0.1, 0.15) is 18.0 Å². The molecule has 0 radical (unpaired) electrons. The van der Waals surface area contributed by atoms with Gasteiger partial charge in [0.25, 0.3) is 0 Å². The highest BCUT2D eigenvalue weighted by atomic mass is 19.1. The molecule has 7 heteroatoms. The van der Waals surface area contributed by atoms with Crippen LogP contribution in [0.3, 0.4) is 0 Å². The molecule has 0 saturated carbocycles. The Bertz CT molecular complexity index is 769. The van der Waals surface area contributed by atoms with Crippen LogP contribution in [0.15, 0.2) is 36.9 Å². The van der Waals surface area contributed by atoms with Crippen molar-refractivity contribution in [2.24, 2.45) is 0 Å². The predicted molar refractivity (Wildman–Crippen MR) is 83.7 cm³/mol. The molecule has 0 aliphatic rings. The second kappa shape index (κ2) is 6.07. The summed E-state index contributed by atoms with van der Waals surface area (Å²) in [4.78, 5) is 15.0. The zero-order valence-corrected chi connectivity index (χ0v) is 12.5. The van der Waals surface area contributed by atoms with Crippen LogP contribution in [-0.2, 0) is 0 Å². The first-order valence-electron chi connectivity index (χ1n) is 6.98. The van der Waals surface area contributed by atoms with Crippen LogP contribution >= 0.6 is 0 Å². The van der Waals surface area contributed by atoms with Gasteiger partial charge in [0.15, 0.2) is 0 Å². The Labute approximate surface area is 127 Å². The number of hydrogen-bond donors (Lipinski definition) is 1. The van der Waals surface area contributed by atoms with E-state index in [1.165, 1.54) is 12.1 Å². The first kappa shape index (κ1) is 14.4. The molecular formula is C15H17FN6. The highest BCUT2D eigenvalue weighted by Crippen LogP contribution is 2.22. The van der Waals surface area contributed by atoms with E-state index >= 15 is 0 Å². The lowest BCUT2D eigenvalue weighted by Crippen LogP contribution is -2.21. The van der Waals surface area contributed by atoms with Gasteiger partial charge in [0.2, 0.25) is 5.95 Å². The maximum Gasteiger partial charge on any atom is 0.237 e. The van der Waals surface area contributed by atoms with Crippen molar-refractivity contribution >= 4 is 16.7 Å². The van der Waals surface area contributed by atoms with Crippen molar-refractivity contribution in [2.75, 3.05) is 32.5 Å². The first-order chi connectivity index (χ1) is 10.6. The Morgan fingerprint density at radius 3 is 2.86 bits per heavy atom. The van der Waals surface area contributed by atoms with Gasteiger partial charge in [0, 0.05) is 36.9 Å². The number of imidazole rings is 1. The molecule has 1 N–H and O–H groups in total. The molecule has 0 bridgehead atoms. The number of rotatable bonds is 5. The van der Waals surface area contributed by atoms with Crippen LogP contribution in [0.4, 0.5) is 10.2 Å². The molecule has 0 saturated heterocycles. The van der Waals surface area contributed by atoms with Crippen molar-refractivity contribution in [3.8, 4) is 5.95 Å². The van der Waals surface area contributed by atoms with E-state index in [0.717, 1.165) is 18.5 Å². The smallest absolute Gasteiger partial charge is 0.237 e. The molecule has 2 heterocycles. The van der Waals surface area contributed by atoms with Gasteiger partial charge in [0.05, 0.1) is 5.52 Å².